The molecule has 0 saturated heterocycles. The summed E-state index contributed by atoms with van der Waals surface area (Å²) >= 11 is 3.09. The number of carbonyl (C=O) groups is 1. The zero-order chi connectivity index (χ0) is 11.3. The van der Waals surface area contributed by atoms with Crippen molar-refractivity contribution in [1.82, 2.24) is 5.32 Å². The van der Waals surface area contributed by atoms with E-state index in [-0.39, 0.29) is 11.6 Å². The maximum Gasteiger partial charge on any atom is 0.150 e. The number of hydrogen-bond donors (Lipinski definition) is 1. The Morgan fingerprint density at radius 3 is 2.87 bits per heavy atom. The first kappa shape index (κ1) is 12.3. The van der Waals surface area contributed by atoms with Crippen LogP contribution in [-0.2, 0) is 11.2 Å². The maximum absolute atomic E-state index is 12.9. The molecule has 0 atom stereocenters. The Hall–Kier alpha value is -0.740. The van der Waals surface area contributed by atoms with Crippen LogP contribution in [-0.4, -0.2) is 18.9 Å². The van der Waals surface area contributed by atoms with Crippen molar-refractivity contribution in [3.05, 3.63) is 34.1 Å². The fourth-order valence-electron chi connectivity index (χ4n) is 1.20. The largest absolute Gasteiger partial charge is 0.310 e. The molecule has 0 bridgehead atoms. The monoisotopic (exact) mass is 273 g/mol. The van der Waals surface area contributed by atoms with Gasteiger partial charge in [0.2, 0.25) is 0 Å². The molecule has 15 heavy (non-hydrogen) atoms. The van der Waals surface area contributed by atoms with Crippen molar-refractivity contribution in [2.45, 2.75) is 13.3 Å². The number of benzene rings is 1. The SMILES string of the molecule is CCNCC(=O)Cc1ccc(F)c(Br)c1. The molecule has 1 aromatic rings. The number of carbonyl (C=O) groups excluding carboxylic acids is 1. The predicted octanol–water partition coefficient (Wildman–Crippen LogP) is 2.31. The fraction of sp³-hybridized carbons (Fsp3) is 0.364. The molecule has 0 heterocycles. The van der Waals surface area contributed by atoms with Crippen molar-refractivity contribution in [2.24, 2.45) is 0 Å². The second kappa shape index (κ2) is 5.98. The molecule has 2 nitrogen and oxygen atoms in total. The van der Waals surface area contributed by atoms with Gasteiger partial charge in [-0.1, -0.05) is 13.0 Å². The molecule has 0 unspecified atom stereocenters. The van der Waals surface area contributed by atoms with Crippen molar-refractivity contribution in [1.29, 1.82) is 0 Å². The number of likely N-dealkylation sites (N-methyl/N-ethyl adjacent to an activating group) is 1. The molecule has 0 saturated carbocycles. The van der Waals surface area contributed by atoms with E-state index in [1.54, 1.807) is 12.1 Å². The van der Waals surface area contributed by atoms with Crippen LogP contribution in [0, 0.1) is 5.82 Å². The third-order valence-corrected chi connectivity index (χ3v) is 2.57. The van der Waals surface area contributed by atoms with E-state index in [2.05, 4.69) is 21.2 Å². The van der Waals surface area contributed by atoms with Crippen LogP contribution in [0.1, 0.15) is 12.5 Å². The molecule has 0 aliphatic heterocycles. The van der Waals surface area contributed by atoms with E-state index < -0.39 is 0 Å². The summed E-state index contributed by atoms with van der Waals surface area (Å²) < 4.78 is 13.3. The average Bonchev–Trinajstić information content (AvgIpc) is 2.20. The van der Waals surface area contributed by atoms with Crippen molar-refractivity contribution in [2.75, 3.05) is 13.1 Å². The van der Waals surface area contributed by atoms with Gasteiger partial charge < -0.3 is 5.32 Å². The van der Waals surface area contributed by atoms with Crippen LogP contribution in [0.15, 0.2) is 22.7 Å². The topological polar surface area (TPSA) is 29.1 Å². The summed E-state index contributed by atoms with van der Waals surface area (Å²) in [5, 5.41) is 2.96. The Morgan fingerprint density at radius 2 is 2.27 bits per heavy atom. The minimum atomic E-state index is -0.308. The molecule has 0 spiro atoms. The summed E-state index contributed by atoms with van der Waals surface area (Å²) in [6.07, 6.45) is 0.339. The normalized spacial score (nSPS) is 10.3. The Morgan fingerprint density at radius 1 is 1.53 bits per heavy atom. The van der Waals surface area contributed by atoms with Gasteiger partial charge in [0.15, 0.2) is 5.78 Å². The molecule has 0 aromatic heterocycles. The molecule has 0 aliphatic carbocycles. The van der Waals surface area contributed by atoms with Gasteiger partial charge in [-0.2, -0.15) is 0 Å². The molecule has 0 radical (unpaired) electrons. The van der Waals surface area contributed by atoms with Crippen LogP contribution >= 0.6 is 15.9 Å². The molecule has 82 valence electrons. The molecule has 1 aromatic carbocycles. The fourth-order valence-corrected chi connectivity index (χ4v) is 1.63. The second-order valence-electron chi connectivity index (χ2n) is 3.24. The maximum atomic E-state index is 12.9. The van der Waals surface area contributed by atoms with Gasteiger partial charge in [-0.15, -0.1) is 0 Å². The van der Waals surface area contributed by atoms with E-state index in [9.17, 15) is 9.18 Å². The Bertz CT molecular complexity index is 354. The number of halogens is 2. The first-order chi connectivity index (χ1) is 7.13. The van der Waals surface area contributed by atoms with Crippen LogP contribution in [0.2, 0.25) is 0 Å². The highest BCUT2D eigenvalue weighted by Crippen LogP contribution is 2.17. The third-order valence-electron chi connectivity index (χ3n) is 1.96. The van der Waals surface area contributed by atoms with E-state index >= 15 is 0 Å². The van der Waals surface area contributed by atoms with E-state index in [1.807, 2.05) is 6.92 Å². The average molecular weight is 274 g/mol. The molecular formula is C11H13BrFNO. The lowest BCUT2D eigenvalue weighted by Gasteiger charge is -2.03. The minimum absolute atomic E-state index is 0.107. The second-order valence-corrected chi connectivity index (χ2v) is 4.10. The van der Waals surface area contributed by atoms with Gasteiger partial charge in [0.1, 0.15) is 5.82 Å². The van der Waals surface area contributed by atoms with Gasteiger partial charge in [-0.05, 0) is 40.2 Å². The lowest BCUT2D eigenvalue weighted by Crippen LogP contribution is -2.23. The quantitative estimate of drug-likeness (QED) is 0.892. The van der Waals surface area contributed by atoms with Crippen LogP contribution in [0.5, 0.6) is 0 Å². The number of Topliss-reactive ketones (excluding diaryl/α,β-unsaturated/α-hetero) is 1. The molecule has 0 aliphatic rings. The smallest absolute Gasteiger partial charge is 0.150 e. The number of hydrogen-bond acceptors (Lipinski definition) is 2. The van der Waals surface area contributed by atoms with Crippen LogP contribution < -0.4 is 5.32 Å². The highest BCUT2D eigenvalue weighted by molar-refractivity contribution is 9.10. The Kier molecular flexibility index (Phi) is 4.91. The van der Waals surface area contributed by atoms with Gasteiger partial charge >= 0.3 is 0 Å². The number of rotatable bonds is 5. The molecular weight excluding hydrogens is 261 g/mol. The zero-order valence-electron chi connectivity index (χ0n) is 8.52. The Labute approximate surface area is 97.0 Å². The lowest BCUT2D eigenvalue weighted by molar-refractivity contribution is -0.117. The molecule has 1 rings (SSSR count). The molecule has 0 amide bonds. The highest BCUT2D eigenvalue weighted by atomic mass is 79.9. The van der Waals surface area contributed by atoms with Crippen LogP contribution in [0.4, 0.5) is 4.39 Å². The summed E-state index contributed by atoms with van der Waals surface area (Å²) in [6.45, 7) is 3.09. The summed E-state index contributed by atoms with van der Waals surface area (Å²) in [5.74, 6) is -0.201. The van der Waals surface area contributed by atoms with Gasteiger partial charge in [-0.25, -0.2) is 4.39 Å². The molecule has 0 fully saturated rings. The van der Waals surface area contributed by atoms with E-state index in [1.165, 1.54) is 6.07 Å². The van der Waals surface area contributed by atoms with E-state index in [4.69, 9.17) is 0 Å². The highest BCUT2D eigenvalue weighted by Gasteiger charge is 2.05. The van der Waals surface area contributed by atoms with Crippen molar-refractivity contribution in [3.8, 4) is 0 Å². The van der Waals surface area contributed by atoms with Gasteiger partial charge in [0.25, 0.3) is 0 Å². The summed E-state index contributed by atoms with van der Waals surface area (Å²) in [7, 11) is 0. The Balaban J connectivity index is 2.57. The van der Waals surface area contributed by atoms with Crippen LogP contribution in [0.25, 0.3) is 0 Å². The third kappa shape index (κ3) is 4.10. The van der Waals surface area contributed by atoms with Crippen molar-refractivity contribution in [3.63, 3.8) is 0 Å². The zero-order valence-corrected chi connectivity index (χ0v) is 10.1. The molecule has 1 N–H and O–H groups in total. The minimum Gasteiger partial charge on any atom is -0.310 e. The van der Waals surface area contributed by atoms with Crippen molar-refractivity contribution >= 4 is 21.7 Å². The summed E-state index contributed by atoms with van der Waals surface area (Å²) in [6, 6.07) is 4.63. The first-order valence-corrected chi connectivity index (χ1v) is 5.59. The van der Waals surface area contributed by atoms with Crippen LogP contribution in [0.3, 0.4) is 0 Å². The van der Waals surface area contributed by atoms with Gasteiger partial charge in [0, 0.05) is 6.42 Å². The number of nitrogens with one attached hydrogen (secondary N) is 1. The number of ketones is 1. The summed E-state index contributed by atoms with van der Waals surface area (Å²) in [5.41, 5.74) is 0.825. The first-order valence-electron chi connectivity index (χ1n) is 4.79. The molecule has 4 heteroatoms. The van der Waals surface area contributed by atoms with E-state index in [0.717, 1.165) is 12.1 Å². The predicted molar refractivity (Wildman–Crippen MR) is 61.4 cm³/mol. The van der Waals surface area contributed by atoms with E-state index in [0.29, 0.717) is 17.4 Å². The standard InChI is InChI=1S/C11H13BrFNO/c1-2-14-7-9(15)5-8-3-4-11(13)10(12)6-8/h3-4,6,14H,2,5,7H2,1H3. The van der Waals surface area contributed by atoms with Gasteiger partial charge in [0.05, 0.1) is 11.0 Å². The lowest BCUT2D eigenvalue weighted by atomic mass is 10.1. The van der Waals surface area contributed by atoms with Gasteiger partial charge in [-0.3, -0.25) is 4.79 Å². The van der Waals surface area contributed by atoms with Crippen molar-refractivity contribution < 1.29 is 9.18 Å². The summed E-state index contributed by atoms with van der Waals surface area (Å²) in [4.78, 5) is 11.4.